The van der Waals surface area contributed by atoms with E-state index in [2.05, 4.69) is 11.2 Å². The van der Waals surface area contributed by atoms with Crippen molar-refractivity contribution in [2.24, 2.45) is 5.92 Å². The van der Waals surface area contributed by atoms with E-state index in [-0.39, 0.29) is 23.3 Å². The van der Waals surface area contributed by atoms with Crippen molar-refractivity contribution in [2.75, 3.05) is 13.1 Å². The Balaban J connectivity index is 1.49. The molecule has 0 N–H and O–H groups in total. The van der Waals surface area contributed by atoms with Gasteiger partial charge in [0.15, 0.2) is 5.69 Å². The zero-order valence-corrected chi connectivity index (χ0v) is 19.1. The molecule has 1 unspecified atom stereocenters. The highest BCUT2D eigenvalue weighted by Gasteiger charge is 2.29. The molecule has 32 heavy (non-hydrogen) atoms. The minimum atomic E-state index is -0.142. The first-order valence-electron chi connectivity index (χ1n) is 11.2. The number of amides is 1. The predicted molar refractivity (Wildman–Crippen MR) is 128 cm³/mol. The largest absolute Gasteiger partial charge is 0.337 e. The summed E-state index contributed by atoms with van der Waals surface area (Å²) in [5, 5.41) is 6.81. The monoisotopic (exact) mass is 446 g/mol. The molecule has 1 aliphatic heterocycles. The molecule has 1 saturated heterocycles. The van der Waals surface area contributed by atoms with Crippen LogP contribution in [-0.2, 0) is 6.54 Å². The number of likely N-dealkylation sites (tertiary alicyclic amines) is 1. The van der Waals surface area contributed by atoms with E-state index < -0.39 is 0 Å². The molecule has 1 amide bonds. The summed E-state index contributed by atoms with van der Waals surface area (Å²) in [6.07, 6.45) is 1.94. The van der Waals surface area contributed by atoms with Crippen LogP contribution in [0, 0.1) is 5.92 Å². The minimum absolute atomic E-state index is 0.107. The van der Waals surface area contributed by atoms with Gasteiger partial charge in [-0.25, -0.2) is 9.67 Å². The Bertz CT molecular complexity index is 1320. The zero-order chi connectivity index (χ0) is 22.2. The van der Waals surface area contributed by atoms with Crippen LogP contribution in [0.1, 0.15) is 48.1 Å². The molecule has 0 saturated carbocycles. The summed E-state index contributed by atoms with van der Waals surface area (Å²) in [7, 11) is 0. The highest BCUT2D eigenvalue weighted by atomic mass is 32.1. The molecule has 7 heteroatoms. The number of piperidine rings is 1. The smallest absolute Gasteiger partial charge is 0.274 e. The molecule has 2 aromatic heterocycles. The van der Waals surface area contributed by atoms with Gasteiger partial charge in [0.2, 0.25) is 0 Å². The van der Waals surface area contributed by atoms with Crippen LogP contribution in [0.4, 0.5) is 0 Å². The van der Waals surface area contributed by atoms with Gasteiger partial charge in [-0.05, 0) is 37.0 Å². The highest BCUT2D eigenvalue weighted by Crippen LogP contribution is 2.33. The van der Waals surface area contributed by atoms with Crippen LogP contribution in [0.2, 0.25) is 0 Å². The van der Waals surface area contributed by atoms with Crippen molar-refractivity contribution in [3.05, 3.63) is 69.6 Å². The number of hydrogen-bond acceptors (Lipinski definition) is 5. The lowest BCUT2D eigenvalue weighted by atomic mass is 9.98. The number of rotatable bonds is 4. The minimum Gasteiger partial charge on any atom is -0.337 e. The summed E-state index contributed by atoms with van der Waals surface area (Å²) < 4.78 is 2.63. The topological polar surface area (TPSA) is 68.1 Å². The molecule has 3 heterocycles. The van der Waals surface area contributed by atoms with Crippen molar-refractivity contribution >= 4 is 38.2 Å². The summed E-state index contributed by atoms with van der Waals surface area (Å²) in [4.78, 5) is 33.3. The number of fused-ring (bicyclic) bond motifs is 2. The Morgan fingerprint density at radius 2 is 1.88 bits per heavy atom. The van der Waals surface area contributed by atoms with E-state index in [4.69, 9.17) is 4.98 Å². The maximum Gasteiger partial charge on any atom is 0.274 e. The van der Waals surface area contributed by atoms with Gasteiger partial charge in [-0.3, -0.25) is 9.59 Å². The van der Waals surface area contributed by atoms with Crippen LogP contribution in [0.15, 0.2) is 53.3 Å². The van der Waals surface area contributed by atoms with Crippen molar-refractivity contribution in [3.8, 4) is 0 Å². The van der Waals surface area contributed by atoms with Crippen LogP contribution >= 0.6 is 11.3 Å². The second kappa shape index (κ2) is 8.47. The SMILES string of the molecule is CC(C)Cn1nc(C(=O)N2CCCC(c3nc4ccccc4s3)C2)c2ccccc2c1=O. The van der Waals surface area contributed by atoms with Crippen LogP contribution in [0.3, 0.4) is 0 Å². The van der Waals surface area contributed by atoms with Crippen LogP contribution in [-0.4, -0.2) is 38.7 Å². The first-order chi connectivity index (χ1) is 15.5. The molecule has 0 spiro atoms. The summed E-state index contributed by atoms with van der Waals surface area (Å²) in [6.45, 7) is 5.88. The van der Waals surface area contributed by atoms with Gasteiger partial charge in [0.1, 0.15) is 0 Å². The molecule has 5 rings (SSSR count). The van der Waals surface area contributed by atoms with E-state index in [1.807, 2.05) is 55.1 Å². The number of carbonyl (C=O) groups is 1. The number of benzene rings is 2. The Morgan fingerprint density at radius 1 is 1.12 bits per heavy atom. The number of aromatic nitrogens is 3. The van der Waals surface area contributed by atoms with E-state index in [1.165, 1.54) is 9.38 Å². The third-order valence-corrected chi connectivity index (χ3v) is 7.18. The normalized spacial score (nSPS) is 16.8. The van der Waals surface area contributed by atoms with Crippen LogP contribution < -0.4 is 5.56 Å². The molecule has 2 aromatic carbocycles. The van der Waals surface area contributed by atoms with E-state index in [1.54, 1.807) is 17.4 Å². The van der Waals surface area contributed by atoms with Gasteiger partial charge in [-0.1, -0.05) is 44.2 Å². The molecule has 1 atom stereocenters. The summed E-state index contributed by atoms with van der Waals surface area (Å²) in [5.74, 6) is 0.366. The lowest BCUT2D eigenvalue weighted by Gasteiger charge is -2.32. The zero-order valence-electron chi connectivity index (χ0n) is 18.3. The second-order valence-corrected chi connectivity index (χ2v) is 9.95. The quantitative estimate of drug-likeness (QED) is 0.456. The molecule has 1 aliphatic rings. The van der Waals surface area contributed by atoms with Crippen molar-refractivity contribution in [1.82, 2.24) is 19.7 Å². The molecular weight excluding hydrogens is 420 g/mol. The van der Waals surface area contributed by atoms with E-state index in [0.717, 1.165) is 23.4 Å². The number of nitrogens with zero attached hydrogens (tertiary/aromatic N) is 4. The van der Waals surface area contributed by atoms with Gasteiger partial charge in [0.25, 0.3) is 11.5 Å². The fraction of sp³-hybridized carbons (Fsp3) is 0.360. The Morgan fingerprint density at radius 3 is 2.66 bits per heavy atom. The maximum absolute atomic E-state index is 13.6. The van der Waals surface area contributed by atoms with Crippen molar-refractivity contribution < 1.29 is 4.79 Å². The van der Waals surface area contributed by atoms with Crippen LogP contribution in [0.5, 0.6) is 0 Å². The van der Waals surface area contributed by atoms with Crippen molar-refractivity contribution in [1.29, 1.82) is 0 Å². The fourth-order valence-electron chi connectivity index (χ4n) is 4.44. The lowest BCUT2D eigenvalue weighted by molar-refractivity contribution is 0.0700. The summed E-state index contributed by atoms with van der Waals surface area (Å²) in [5.41, 5.74) is 1.24. The third-order valence-electron chi connectivity index (χ3n) is 5.98. The molecule has 4 aromatic rings. The standard InChI is InChI=1S/C25H26N4O2S/c1-16(2)14-29-24(30)19-10-4-3-9-18(19)22(27-29)25(31)28-13-7-8-17(15-28)23-26-20-11-5-6-12-21(20)32-23/h3-6,9-12,16-17H,7-8,13-15H2,1-2H3. The molecule has 1 fully saturated rings. The van der Waals surface area contributed by atoms with Crippen LogP contribution in [0.25, 0.3) is 21.0 Å². The van der Waals surface area contributed by atoms with Gasteiger partial charge < -0.3 is 4.90 Å². The first kappa shape index (κ1) is 20.8. The molecule has 0 radical (unpaired) electrons. The molecular formula is C25H26N4O2S. The van der Waals surface area contributed by atoms with Gasteiger partial charge in [0.05, 0.1) is 20.6 Å². The van der Waals surface area contributed by atoms with Gasteiger partial charge >= 0.3 is 0 Å². The average Bonchev–Trinajstić information content (AvgIpc) is 3.25. The lowest BCUT2D eigenvalue weighted by Crippen LogP contribution is -2.40. The predicted octanol–water partition coefficient (Wildman–Crippen LogP) is 4.68. The summed E-state index contributed by atoms with van der Waals surface area (Å²) >= 11 is 1.72. The Hall–Kier alpha value is -3.06. The molecule has 0 bridgehead atoms. The highest BCUT2D eigenvalue weighted by molar-refractivity contribution is 7.18. The first-order valence-corrected chi connectivity index (χ1v) is 12.0. The molecule has 164 valence electrons. The Kier molecular flexibility index (Phi) is 5.51. The van der Waals surface area contributed by atoms with Gasteiger partial charge in [-0.15, -0.1) is 11.3 Å². The van der Waals surface area contributed by atoms with Crippen molar-refractivity contribution in [2.45, 2.75) is 39.2 Å². The second-order valence-electron chi connectivity index (χ2n) is 8.89. The third kappa shape index (κ3) is 3.81. The fourth-order valence-corrected chi connectivity index (χ4v) is 5.53. The van der Waals surface area contributed by atoms with Crippen molar-refractivity contribution in [3.63, 3.8) is 0 Å². The molecule has 0 aliphatic carbocycles. The van der Waals surface area contributed by atoms with E-state index >= 15 is 0 Å². The van der Waals surface area contributed by atoms with Gasteiger partial charge in [-0.2, -0.15) is 5.10 Å². The number of hydrogen-bond donors (Lipinski definition) is 0. The average molecular weight is 447 g/mol. The maximum atomic E-state index is 13.6. The number of thiazole rings is 1. The summed E-state index contributed by atoms with van der Waals surface area (Å²) in [6, 6.07) is 15.5. The number of para-hydroxylation sites is 1. The molecule has 6 nitrogen and oxygen atoms in total. The van der Waals surface area contributed by atoms with Gasteiger partial charge in [0, 0.05) is 30.9 Å². The number of carbonyl (C=O) groups excluding carboxylic acids is 1. The Labute approximate surface area is 190 Å². The van der Waals surface area contributed by atoms with E-state index in [0.29, 0.717) is 36.1 Å². The van der Waals surface area contributed by atoms with E-state index in [9.17, 15) is 9.59 Å².